The van der Waals surface area contributed by atoms with Crippen molar-refractivity contribution in [3.63, 3.8) is 0 Å². The lowest BCUT2D eigenvalue weighted by molar-refractivity contribution is 0.141. The minimum Gasteiger partial charge on any atom is -0.495 e. The first-order valence-electron chi connectivity index (χ1n) is 4.02. The van der Waals surface area contributed by atoms with E-state index in [1.165, 1.54) is 13.2 Å². The van der Waals surface area contributed by atoms with Crippen LogP contribution in [0.2, 0.25) is 5.02 Å². The van der Waals surface area contributed by atoms with Crippen LogP contribution in [0.3, 0.4) is 0 Å². The molecule has 0 saturated heterocycles. The number of halogens is 2. The van der Waals surface area contributed by atoms with Gasteiger partial charge < -0.3 is 9.57 Å². The summed E-state index contributed by atoms with van der Waals surface area (Å²) < 4.78 is 18.1. The van der Waals surface area contributed by atoms with E-state index in [4.69, 9.17) is 22.2 Å². The summed E-state index contributed by atoms with van der Waals surface area (Å²) in [6.07, 6.45) is 0.515. The smallest absolute Gasteiger partial charge is 0.145 e. The van der Waals surface area contributed by atoms with Crippen LogP contribution in [-0.4, -0.2) is 13.7 Å². The van der Waals surface area contributed by atoms with Crippen molar-refractivity contribution in [2.45, 2.75) is 6.42 Å². The third-order valence-electron chi connectivity index (χ3n) is 1.78. The Morgan fingerprint density at radius 3 is 2.79 bits per heavy atom. The van der Waals surface area contributed by atoms with Gasteiger partial charge in [-0.15, -0.1) is 0 Å². The lowest BCUT2D eigenvalue weighted by atomic mass is 10.1. The van der Waals surface area contributed by atoms with E-state index in [-0.39, 0.29) is 5.02 Å². The quantitative estimate of drug-likeness (QED) is 0.787. The summed E-state index contributed by atoms with van der Waals surface area (Å²) in [7, 11) is 1.43. The van der Waals surface area contributed by atoms with Gasteiger partial charge in [0.05, 0.1) is 13.7 Å². The summed E-state index contributed by atoms with van der Waals surface area (Å²) >= 11 is 5.64. The normalized spacial score (nSPS) is 10.3. The molecule has 78 valence electrons. The third kappa shape index (κ3) is 2.57. The van der Waals surface area contributed by atoms with Gasteiger partial charge in [-0.25, -0.2) is 10.3 Å². The highest BCUT2D eigenvalue weighted by Gasteiger charge is 2.08. The van der Waals surface area contributed by atoms with E-state index in [2.05, 4.69) is 4.84 Å². The van der Waals surface area contributed by atoms with Gasteiger partial charge in [0.2, 0.25) is 0 Å². The zero-order valence-corrected chi connectivity index (χ0v) is 8.47. The van der Waals surface area contributed by atoms with E-state index in [0.29, 0.717) is 18.8 Å². The highest BCUT2D eigenvalue weighted by molar-refractivity contribution is 6.32. The minimum atomic E-state index is -0.502. The Morgan fingerprint density at radius 2 is 2.21 bits per heavy atom. The van der Waals surface area contributed by atoms with Crippen LogP contribution in [0, 0.1) is 5.82 Å². The third-order valence-corrected chi connectivity index (χ3v) is 2.15. The Balaban J connectivity index is 2.91. The summed E-state index contributed by atoms with van der Waals surface area (Å²) in [5.41, 5.74) is 0.731. The number of hydrogen-bond donors (Lipinski definition) is 1. The Morgan fingerprint density at radius 1 is 1.50 bits per heavy atom. The van der Waals surface area contributed by atoms with Crippen LogP contribution in [0.15, 0.2) is 12.1 Å². The second-order valence-corrected chi connectivity index (χ2v) is 3.09. The molecule has 0 aliphatic heterocycles. The fourth-order valence-corrected chi connectivity index (χ4v) is 1.27. The highest BCUT2D eigenvalue weighted by atomic mass is 35.5. The number of nitrogens with two attached hydrogens (primary N) is 1. The van der Waals surface area contributed by atoms with Crippen molar-refractivity contribution in [3.8, 4) is 5.75 Å². The maximum Gasteiger partial charge on any atom is 0.145 e. The number of ether oxygens (including phenoxy) is 1. The van der Waals surface area contributed by atoms with Crippen molar-refractivity contribution >= 4 is 11.6 Å². The maximum absolute atomic E-state index is 13.2. The Hall–Kier alpha value is -0.840. The van der Waals surface area contributed by atoms with Crippen molar-refractivity contribution in [3.05, 3.63) is 28.5 Å². The van der Waals surface area contributed by atoms with Gasteiger partial charge in [-0.1, -0.05) is 11.6 Å². The van der Waals surface area contributed by atoms with Crippen molar-refractivity contribution in [2.24, 2.45) is 5.90 Å². The van der Waals surface area contributed by atoms with Gasteiger partial charge in [-0.2, -0.15) is 0 Å². The van der Waals surface area contributed by atoms with Gasteiger partial charge in [-0.05, 0) is 24.1 Å². The molecule has 0 aliphatic carbocycles. The minimum absolute atomic E-state index is 0.00934. The maximum atomic E-state index is 13.2. The molecular formula is C9H11ClFNO2. The summed E-state index contributed by atoms with van der Waals surface area (Å²) in [4.78, 5) is 4.39. The highest BCUT2D eigenvalue weighted by Crippen LogP contribution is 2.28. The molecule has 1 rings (SSSR count). The van der Waals surface area contributed by atoms with E-state index in [1.807, 2.05) is 0 Å². The molecule has 1 aromatic carbocycles. The van der Waals surface area contributed by atoms with Crippen LogP contribution >= 0.6 is 11.6 Å². The summed E-state index contributed by atoms with van der Waals surface area (Å²) in [6.45, 7) is 0.324. The molecule has 5 heteroatoms. The SMILES string of the molecule is COc1cc(CCON)cc(F)c1Cl. The summed E-state index contributed by atoms with van der Waals surface area (Å²) in [5, 5.41) is -0.00934. The zero-order chi connectivity index (χ0) is 10.6. The molecule has 2 N–H and O–H groups in total. The number of hydrogen-bond acceptors (Lipinski definition) is 3. The lowest BCUT2D eigenvalue weighted by Crippen LogP contribution is -2.04. The van der Waals surface area contributed by atoms with Gasteiger partial charge >= 0.3 is 0 Å². The molecule has 0 fully saturated rings. The average molecular weight is 220 g/mol. The van der Waals surface area contributed by atoms with Crippen molar-refractivity contribution < 1.29 is 14.0 Å². The zero-order valence-electron chi connectivity index (χ0n) is 7.72. The number of methoxy groups -OCH3 is 1. The molecule has 14 heavy (non-hydrogen) atoms. The van der Waals surface area contributed by atoms with Crippen LogP contribution < -0.4 is 10.6 Å². The van der Waals surface area contributed by atoms with Gasteiger partial charge in [0.25, 0.3) is 0 Å². The van der Waals surface area contributed by atoms with Crippen molar-refractivity contribution in [1.82, 2.24) is 0 Å². The average Bonchev–Trinajstić information content (AvgIpc) is 2.19. The van der Waals surface area contributed by atoms with Gasteiger partial charge in [-0.3, -0.25) is 0 Å². The van der Waals surface area contributed by atoms with Crippen LogP contribution in [0.25, 0.3) is 0 Å². The van der Waals surface area contributed by atoms with E-state index in [9.17, 15) is 4.39 Å². The number of benzene rings is 1. The molecule has 0 bridgehead atoms. The molecular weight excluding hydrogens is 209 g/mol. The van der Waals surface area contributed by atoms with Crippen molar-refractivity contribution in [2.75, 3.05) is 13.7 Å². The molecule has 3 nitrogen and oxygen atoms in total. The Labute approximate surface area is 86.5 Å². The van der Waals surface area contributed by atoms with Crippen LogP contribution in [0.4, 0.5) is 4.39 Å². The van der Waals surface area contributed by atoms with Crippen molar-refractivity contribution in [1.29, 1.82) is 0 Å². The van der Waals surface area contributed by atoms with E-state index in [0.717, 1.165) is 5.56 Å². The first-order valence-corrected chi connectivity index (χ1v) is 4.40. The first-order chi connectivity index (χ1) is 6.69. The van der Waals surface area contributed by atoms with E-state index in [1.54, 1.807) is 6.07 Å². The molecule has 0 heterocycles. The lowest BCUT2D eigenvalue weighted by Gasteiger charge is -2.07. The second kappa shape index (κ2) is 5.14. The van der Waals surface area contributed by atoms with E-state index < -0.39 is 5.82 Å². The monoisotopic (exact) mass is 219 g/mol. The Kier molecular flexibility index (Phi) is 4.13. The Bertz CT molecular complexity index is 320. The van der Waals surface area contributed by atoms with Crippen LogP contribution in [0.5, 0.6) is 5.75 Å². The molecule has 1 aromatic rings. The van der Waals surface area contributed by atoms with E-state index >= 15 is 0 Å². The molecule has 0 spiro atoms. The van der Waals surface area contributed by atoms with Crippen LogP contribution in [0.1, 0.15) is 5.56 Å². The molecule has 0 aromatic heterocycles. The molecule has 0 amide bonds. The van der Waals surface area contributed by atoms with Gasteiger partial charge in [0.15, 0.2) is 0 Å². The van der Waals surface area contributed by atoms with Crippen LogP contribution in [-0.2, 0) is 11.3 Å². The molecule has 0 radical (unpaired) electrons. The molecule has 0 unspecified atom stereocenters. The fourth-order valence-electron chi connectivity index (χ4n) is 1.09. The van der Waals surface area contributed by atoms with Gasteiger partial charge in [0.1, 0.15) is 16.6 Å². The summed E-state index contributed by atoms with van der Waals surface area (Å²) in [6, 6.07) is 2.99. The fraction of sp³-hybridized carbons (Fsp3) is 0.333. The molecule has 0 aliphatic rings. The standard InChI is InChI=1S/C9H11ClFNO2/c1-13-8-5-6(2-3-14-12)4-7(11)9(8)10/h4-5H,2-3,12H2,1H3. The topological polar surface area (TPSA) is 44.5 Å². The predicted molar refractivity (Wildman–Crippen MR) is 51.8 cm³/mol. The second-order valence-electron chi connectivity index (χ2n) is 2.71. The first kappa shape index (κ1) is 11.2. The summed E-state index contributed by atoms with van der Waals surface area (Å²) in [5.74, 6) is 4.68. The number of rotatable bonds is 4. The molecule has 0 saturated carbocycles. The molecule has 0 atom stereocenters. The largest absolute Gasteiger partial charge is 0.495 e. The predicted octanol–water partition coefficient (Wildman–Crippen LogP) is 1.92. The van der Waals surface area contributed by atoms with Gasteiger partial charge in [0, 0.05) is 0 Å².